The van der Waals surface area contributed by atoms with Gasteiger partial charge in [-0.2, -0.15) is 0 Å². The molecule has 1 aliphatic carbocycles. The molecule has 0 atom stereocenters. The van der Waals surface area contributed by atoms with Gasteiger partial charge in [0.1, 0.15) is 0 Å². The summed E-state index contributed by atoms with van der Waals surface area (Å²) in [6, 6.07) is 7.71. The molecule has 1 amide bonds. The maximum absolute atomic E-state index is 12.3. The second kappa shape index (κ2) is 8.39. The Balaban J connectivity index is 1.76. The van der Waals surface area contributed by atoms with E-state index in [0.29, 0.717) is 5.92 Å². The second-order valence-corrected chi connectivity index (χ2v) is 10.6. The van der Waals surface area contributed by atoms with E-state index in [9.17, 15) is 13.2 Å². The first kappa shape index (κ1) is 20.7. The third kappa shape index (κ3) is 5.99. The molecule has 0 spiro atoms. The first-order chi connectivity index (χ1) is 12.1. The fraction of sp³-hybridized carbons (Fsp3) is 0.632. The second-order valence-electron chi connectivity index (χ2n) is 8.09. The van der Waals surface area contributed by atoms with Gasteiger partial charge in [0.05, 0.1) is 4.75 Å². The Morgan fingerprint density at radius 3 is 2.08 bits per heavy atom. The lowest BCUT2D eigenvalue weighted by molar-refractivity contribution is -0.114. The molecular weight excluding hydrogens is 350 g/mol. The highest BCUT2D eigenvalue weighted by molar-refractivity contribution is 7.90. The van der Waals surface area contributed by atoms with Crippen LogP contribution in [0.5, 0.6) is 0 Å². The fourth-order valence-electron chi connectivity index (χ4n) is 3.02. The molecule has 0 saturated heterocycles. The van der Waals surface area contributed by atoms with Crippen LogP contribution in [-0.4, -0.2) is 31.7 Å². The molecule has 26 heavy (non-hydrogen) atoms. The van der Waals surface area contributed by atoms with Crippen LogP contribution in [0.15, 0.2) is 24.3 Å². The van der Waals surface area contributed by atoms with Crippen molar-refractivity contribution in [2.24, 2.45) is 5.92 Å². The van der Waals surface area contributed by atoms with Crippen molar-refractivity contribution in [1.29, 1.82) is 0 Å². The first-order valence-corrected chi connectivity index (χ1v) is 10.7. The van der Waals surface area contributed by atoms with Crippen molar-refractivity contribution < 1.29 is 13.2 Å². The summed E-state index contributed by atoms with van der Waals surface area (Å²) in [4.78, 5) is 11.0. The zero-order chi connectivity index (χ0) is 19.4. The summed E-state index contributed by atoms with van der Waals surface area (Å²) >= 11 is 0. The number of benzene rings is 1. The van der Waals surface area contributed by atoms with Crippen LogP contribution < -0.4 is 15.4 Å². The molecule has 0 bridgehead atoms. The van der Waals surface area contributed by atoms with E-state index in [1.165, 1.54) is 6.92 Å². The minimum atomic E-state index is -3.28. The zero-order valence-electron chi connectivity index (χ0n) is 16.1. The van der Waals surface area contributed by atoms with Gasteiger partial charge < -0.3 is 10.6 Å². The summed E-state index contributed by atoms with van der Waals surface area (Å²) in [7, 11) is -3.28. The van der Waals surface area contributed by atoms with Crippen LogP contribution in [0.25, 0.3) is 0 Å². The molecule has 1 aromatic carbocycles. The van der Waals surface area contributed by atoms with Crippen LogP contribution in [0.3, 0.4) is 0 Å². The molecule has 0 unspecified atom stereocenters. The Bertz CT molecular complexity index is 701. The third-order valence-corrected chi connectivity index (χ3v) is 7.03. The van der Waals surface area contributed by atoms with Crippen molar-refractivity contribution in [3.8, 4) is 0 Å². The molecule has 0 aliphatic heterocycles. The molecule has 1 fully saturated rings. The van der Waals surface area contributed by atoms with Crippen LogP contribution >= 0.6 is 0 Å². The van der Waals surface area contributed by atoms with Crippen molar-refractivity contribution in [3.63, 3.8) is 0 Å². The van der Waals surface area contributed by atoms with Crippen molar-refractivity contribution in [2.75, 3.05) is 17.2 Å². The van der Waals surface area contributed by atoms with E-state index in [-0.39, 0.29) is 11.9 Å². The Morgan fingerprint density at radius 1 is 1.04 bits per heavy atom. The van der Waals surface area contributed by atoms with Crippen LogP contribution in [-0.2, 0) is 14.8 Å². The average molecular weight is 382 g/mol. The summed E-state index contributed by atoms with van der Waals surface area (Å²) < 4.78 is 26.6. The molecule has 146 valence electrons. The van der Waals surface area contributed by atoms with Gasteiger partial charge in [0.15, 0.2) is 0 Å². The summed E-state index contributed by atoms with van der Waals surface area (Å²) in [6.45, 7) is 7.54. The standard InChI is InChI=1S/C19H31N3O3S/c1-14(23)21-17-11-9-16(10-12-17)20-13-15-5-7-18(8-6-15)22-26(24,25)19(2,3)4/h9-12,15,18,20,22H,5-8,13H2,1-4H3,(H,21,23)/t15-,18-. The number of amides is 1. The zero-order valence-corrected chi connectivity index (χ0v) is 16.9. The molecule has 1 aromatic rings. The fourth-order valence-corrected chi connectivity index (χ4v) is 4.05. The quantitative estimate of drug-likeness (QED) is 0.705. The smallest absolute Gasteiger partial charge is 0.221 e. The number of hydrogen-bond acceptors (Lipinski definition) is 4. The van der Waals surface area contributed by atoms with E-state index in [0.717, 1.165) is 43.6 Å². The van der Waals surface area contributed by atoms with Gasteiger partial charge >= 0.3 is 0 Å². The van der Waals surface area contributed by atoms with Crippen LogP contribution in [0.1, 0.15) is 53.4 Å². The third-order valence-electron chi connectivity index (χ3n) is 4.77. The van der Waals surface area contributed by atoms with Crippen LogP contribution in [0.2, 0.25) is 0 Å². The van der Waals surface area contributed by atoms with E-state index in [4.69, 9.17) is 0 Å². The number of nitrogens with one attached hydrogen (secondary N) is 3. The van der Waals surface area contributed by atoms with Gasteiger partial charge in [0, 0.05) is 30.9 Å². The lowest BCUT2D eigenvalue weighted by atomic mass is 9.86. The Morgan fingerprint density at radius 2 is 1.58 bits per heavy atom. The first-order valence-electron chi connectivity index (χ1n) is 9.20. The lowest BCUT2D eigenvalue weighted by Gasteiger charge is -2.31. The number of anilines is 2. The highest BCUT2D eigenvalue weighted by Crippen LogP contribution is 2.27. The maximum atomic E-state index is 12.3. The van der Waals surface area contributed by atoms with Crippen molar-refractivity contribution in [1.82, 2.24) is 4.72 Å². The molecule has 1 aliphatic rings. The molecule has 0 radical (unpaired) electrons. The van der Waals surface area contributed by atoms with Gasteiger partial charge in [-0.05, 0) is 76.6 Å². The highest BCUT2D eigenvalue weighted by Gasteiger charge is 2.32. The Hall–Kier alpha value is -1.60. The monoisotopic (exact) mass is 381 g/mol. The molecule has 6 nitrogen and oxygen atoms in total. The van der Waals surface area contributed by atoms with Gasteiger partial charge in [-0.3, -0.25) is 4.79 Å². The molecule has 3 N–H and O–H groups in total. The number of carbonyl (C=O) groups excluding carboxylic acids is 1. The lowest BCUT2D eigenvalue weighted by Crippen LogP contribution is -2.46. The molecule has 0 aromatic heterocycles. The summed E-state index contributed by atoms with van der Waals surface area (Å²) in [6.07, 6.45) is 3.77. The van der Waals surface area contributed by atoms with E-state index in [1.807, 2.05) is 24.3 Å². The van der Waals surface area contributed by atoms with Crippen molar-refractivity contribution in [3.05, 3.63) is 24.3 Å². The molecule has 7 heteroatoms. The van der Waals surface area contributed by atoms with Crippen molar-refractivity contribution in [2.45, 2.75) is 64.2 Å². The molecule has 2 rings (SSSR count). The minimum absolute atomic E-state index is 0.0485. The number of carbonyl (C=O) groups is 1. The normalized spacial score (nSPS) is 21.2. The maximum Gasteiger partial charge on any atom is 0.221 e. The van der Waals surface area contributed by atoms with Gasteiger partial charge in [0.25, 0.3) is 0 Å². The highest BCUT2D eigenvalue weighted by atomic mass is 32.2. The summed E-state index contributed by atoms with van der Waals surface area (Å²) in [5.41, 5.74) is 1.81. The predicted octanol–water partition coefficient (Wildman–Crippen LogP) is 3.33. The SMILES string of the molecule is CC(=O)Nc1ccc(NC[C@H]2CC[C@H](NS(=O)(=O)C(C)(C)C)CC2)cc1. The molecular formula is C19H31N3O3S. The Labute approximate surface area is 157 Å². The summed E-state index contributed by atoms with van der Waals surface area (Å²) in [5, 5.41) is 6.18. The largest absolute Gasteiger partial charge is 0.385 e. The minimum Gasteiger partial charge on any atom is -0.385 e. The average Bonchev–Trinajstić information content (AvgIpc) is 2.54. The number of rotatable bonds is 6. The van der Waals surface area contributed by atoms with E-state index in [1.54, 1.807) is 20.8 Å². The predicted molar refractivity (Wildman–Crippen MR) is 107 cm³/mol. The molecule has 1 saturated carbocycles. The van der Waals surface area contributed by atoms with Gasteiger partial charge in [0.2, 0.25) is 15.9 Å². The van der Waals surface area contributed by atoms with Crippen molar-refractivity contribution >= 4 is 27.3 Å². The van der Waals surface area contributed by atoms with Crippen LogP contribution in [0, 0.1) is 5.92 Å². The van der Waals surface area contributed by atoms with E-state index < -0.39 is 14.8 Å². The van der Waals surface area contributed by atoms with Crippen LogP contribution in [0.4, 0.5) is 11.4 Å². The summed E-state index contributed by atoms with van der Waals surface area (Å²) in [5.74, 6) is 0.463. The van der Waals surface area contributed by atoms with Gasteiger partial charge in [-0.1, -0.05) is 0 Å². The number of sulfonamides is 1. The number of hydrogen-bond donors (Lipinski definition) is 3. The topological polar surface area (TPSA) is 87.3 Å². The van der Waals surface area contributed by atoms with E-state index >= 15 is 0 Å². The molecule has 0 heterocycles. The van der Waals surface area contributed by atoms with E-state index in [2.05, 4.69) is 15.4 Å². The van der Waals surface area contributed by atoms with Gasteiger partial charge in [-0.15, -0.1) is 0 Å². The van der Waals surface area contributed by atoms with Gasteiger partial charge in [-0.25, -0.2) is 13.1 Å². The Kier molecular flexibility index (Phi) is 6.69.